The van der Waals surface area contributed by atoms with Gasteiger partial charge in [-0.2, -0.15) is 0 Å². The van der Waals surface area contributed by atoms with Crippen molar-refractivity contribution in [3.8, 4) is 0 Å². The van der Waals surface area contributed by atoms with Gasteiger partial charge < -0.3 is 4.98 Å². The Bertz CT molecular complexity index is 370. The van der Waals surface area contributed by atoms with Crippen molar-refractivity contribution >= 4 is 10.0 Å². The minimum atomic E-state index is -3.16. The SMILES string of the molecule is CC(C)CCS(=O)(=O)NCc1ncc[nH]1. The van der Waals surface area contributed by atoms with Crippen LogP contribution in [-0.4, -0.2) is 24.1 Å². The number of hydrogen-bond acceptors (Lipinski definition) is 3. The maximum absolute atomic E-state index is 11.5. The third-order valence-corrected chi connectivity index (χ3v) is 3.34. The highest BCUT2D eigenvalue weighted by atomic mass is 32.2. The number of nitrogens with zero attached hydrogens (tertiary/aromatic N) is 1. The van der Waals surface area contributed by atoms with Gasteiger partial charge in [0.15, 0.2) is 0 Å². The zero-order valence-electron chi connectivity index (χ0n) is 9.03. The van der Waals surface area contributed by atoms with E-state index in [0.717, 1.165) is 0 Å². The zero-order chi connectivity index (χ0) is 11.3. The molecule has 15 heavy (non-hydrogen) atoms. The number of nitrogens with one attached hydrogen (secondary N) is 2. The lowest BCUT2D eigenvalue weighted by Crippen LogP contribution is -2.27. The summed E-state index contributed by atoms with van der Waals surface area (Å²) in [6.45, 7) is 4.23. The molecule has 86 valence electrons. The lowest BCUT2D eigenvalue weighted by Gasteiger charge is -2.06. The first-order valence-corrected chi connectivity index (χ1v) is 6.60. The van der Waals surface area contributed by atoms with Crippen molar-refractivity contribution < 1.29 is 8.42 Å². The highest BCUT2D eigenvalue weighted by molar-refractivity contribution is 7.89. The number of aromatic amines is 1. The van der Waals surface area contributed by atoms with Gasteiger partial charge in [0.05, 0.1) is 12.3 Å². The number of sulfonamides is 1. The third-order valence-electron chi connectivity index (χ3n) is 1.98. The quantitative estimate of drug-likeness (QED) is 0.763. The summed E-state index contributed by atoms with van der Waals surface area (Å²) in [5.74, 6) is 1.19. The van der Waals surface area contributed by atoms with E-state index in [-0.39, 0.29) is 12.3 Å². The molecule has 6 heteroatoms. The molecular formula is C9H17N3O2S. The summed E-state index contributed by atoms with van der Waals surface area (Å²) in [5, 5.41) is 0. The van der Waals surface area contributed by atoms with Crippen LogP contribution in [0.2, 0.25) is 0 Å². The van der Waals surface area contributed by atoms with Crippen LogP contribution in [0.15, 0.2) is 12.4 Å². The van der Waals surface area contributed by atoms with Crippen LogP contribution in [0.5, 0.6) is 0 Å². The highest BCUT2D eigenvalue weighted by Gasteiger charge is 2.11. The Labute approximate surface area is 90.4 Å². The van der Waals surface area contributed by atoms with Gasteiger partial charge in [-0.3, -0.25) is 0 Å². The topological polar surface area (TPSA) is 74.8 Å². The summed E-state index contributed by atoms with van der Waals surface area (Å²) >= 11 is 0. The predicted molar refractivity (Wildman–Crippen MR) is 58.7 cm³/mol. The Balaban J connectivity index is 2.37. The van der Waals surface area contributed by atoms with Crippen molar-refractivity contribution in [3.63, 3.8) is 0 Å². The fourth-order valence-corrected chi connectivity index (χ4v) is 2.32. The van der Waals surface area contributed by atoms with E-state index in [2.05, 4.69) is 14.7 Å². The van der Waals surface area contributed by atoms with E-state index in [1.54, 1.807) is 12.4 Å². The van der Waals surface area contributed by atoms with Crippen molar-refractivity contribution in [1.29, 1.82) is 0 Å². The molecule has 0 unspecified atom stereocenters. The molecular weight excluding hydrogens is 214 g/mol. The first kappa shape index (κ1) is 12.2. The minimum absolute atomic E-state index is 0.172. The molecule has 1 heterocycles. The van der Waals surface area contributed by atoms with Gasteiger partial charge in [0.25, 0.3) is 0 Å². The molecule has 0 radical (unpaired) electrons. The van der Waals surface area contributed by atoms with Gasteiger partial charge in [0.1, 0.15) is 5.82 Å². The molecule has 0 bridgehead atoms. The van der Waals surface area contributed by atoms with Gasteiger partial charge in [-0.1, -0.05) is 13.8 Å². The zero-order valence-corrected chi connectivity index (χ0v) is 9.84. The maximum Gasteiger partial charge on any atom is 0.212 e. The van der Waals surface area contributed by atoms with E-state index in [1.807, 2.05) is 13.8 Å². The number of H-pyrrole nitrogens is 1. The first-order chi connectivity index (χ1) is 6.99. The fraction of sp³-hybridized carbons (Fsp3) is 0.667. The molecule has 0 saturated heterocycles. The average Bonchev–Trinajstić information content (AvgIpc) is 2.65. The molecule has 0 amide bonds. The van der Waals surface area contributed by atoms with E-state index in [0.29, 0.717) is 18.2 Å². The summed E-state index contributed by atoms with van der Waals surface area (Å²) < 4.78 is 25.5. The van der Waals surface area contributed by atoms with E-state index in [9.17, 15) is 8.42 Å². The van der Waals surface area contributed by atoms with Crippen LogP contribution in [0, 0.1) is 5.92 Å². The van der Waals surface area contributed by atoms with Gasteiger partial charge in [0.2, 0.25) is 10.0 Å². The molecule has 2 N–H and O–H groups in total. The second-order valence-electron chi connectivity index (χ2n) is 3.86. The normalized spacial score (nSPS) is 12.2. The molecule has 0 spiro atoms. The van der Waals surface area contributed by atoms with Crippen molar-refractivity contribution in [2.75, 3.05) is 5.75 Å². The molecule has 1 aromatic heterocycles. The van der Waals surface area contributed by atoms with Crippen LogP contribution in [0.25, 0.3) is 0 Å². The summed E-state index contributed by atoms with van der Waals surface area (Å²) in [4.78, 5) is 6.77. The number of imidazole rings is 1. The van der Waals surface area contributed by atoms with Crippen LogP contribution < -0.4 is 4.72 Å². The molecule has 0 fully saturated rings. The van der Waals surface area contributed by atoms with Gasteiger partial charge in [-0.25, -0.2) is 18.1 Å². The Morgan fingerprint density at radius 2 is 2.27 bits per heavy atom. The van der Waals surface area contributed by atoms with Crippen LogP contribution in [0.3, 0.4) is 0 Å². The molecule has 1 rings (SSSR count). The van der Waals surface area contributed by atoms with Gasteiger partial charge in [-0.05, 0) is 12.3 Å². The molecule has 0 atom stereocenters. The Morgan fingerprint density at radius 1 is 1.53 bits per heavy atom. The van der Waals surface area contributed by atoms with Gasteiger partial charge in [-0.15, -0.1) is 0 Å². The van der Waals surface area contributed by atoms with Gasteiger partial charge in [0, 0.05) is 12.4 Å². The Kier molecular flexibility index (Phi) is 4.28. The Morgan fingerprint density at radius 3 is 2.80 bits per heavy atom. The van der Waals surface area contributed by atoms with Crippen molar-refractivity contribution in [2.45, 2.75) is 26.8 Å². The minimum Gasteiger partial charge on any atom is -0.347 e. The average molecular weight is 231 g/mol. The highest BCUT2D eigenvalue weighted by Crippen LogP contribution is 2.02. The van der Waals surface area contributed by atoms with Crippen molar-refractivity contribution in [1.82, 2.24) is 14.7 Å². The van der Waals surface area contributed by atoms with Crippen LogP contribution >= 0.6 is 0 Å². The molecule has 1 aromatic rings. The number of aromatic nitrogens is 2. The van der Waals surface area contributed by atoms with Crippen LogP contribution in [-0.2, 0) is 16.6 Å². The second kappa shape index (κ2) is 5.27. The molecule has 0 aliphatic rings. The van der Waals surface area contributed by atoms with E-state index in [4.69, 9.17) is 0 Å². The largest absolute Gasteiger partial charge is 0.347 e. The molecule has 0 aromatic carbocycles. The van der Waals surface area contributed by atoms with Crippen LogP contribution in [0.4, 0.5) is 0 Å². The Hall–Kier alpha value is -0.880. The van der Waals surface area contributed by atoms with Crippen molar-refractivity contribution in [2.24, 2.45) is 5.92 Å². The summed E-state index contributed by atoms with van der Waals surface area (Å²) in [6.07, 6.45) is 3.93. The number of hydrogen-bond donors (Lipinski definition) is 2. The molecule has 0 saturated carbocycles. The third kappa shape index (κ3) is 4.94. The monoisotopic (exact) mass is 231 g/mol. The second-order valence-corrected chi connectivity index (χ2v) is 5.78. The van der Waals surface area contributed by atoms with Crippen LogP contribution in [0.1, 0.15) is 26.1 Å². The number of rotatable bonds is 6. The standard InChI is InChI=1S/C9H17N3O2S/c1-8(2)3-6-15(13,14)12-7-9-10-4-5-11-9/h4-5,8,12H,3,6-7H2,1-2H3,(H,10,11). The lowest BCUT2D eigenvalue weighted by molar-refractivity contribution is 0.560. The fourth-order valence-electron chi connectivity index (χ4n) is 1.04. The predicted octanol–water partition coefficient (Wildman–Crippen LogP) is 0.875. The summed E-state index contributed by atoms with van der Waals surface area (Å²) in [6, 6.07) is 0. The van der Waals surface area contributed by atoms with E-state index < -0.39 is 10.0 Å². The molecule has 5 nitrogen and oxygen atoms in total. The summed E-state index contributed by atoms with van der Waals surface area (Å²) in [7, 11) is -3.16. The summed E-state index contributed by atoms with van der Waals surface area (Å²) in [5.41, 5.74) is 0. The van der Waals surface area contributed by atoms with Gasteiger partial charge >= 0.3 is 0 Å². The maximum atomic E-state index is 11.5. The molecule has 0 aliphatic carbocycles. The van der Waals surface area contributed by atoms with E-state index >= 15 is 0 Å². The van der Waals surface area contributed by atoms with E-state index in [1.165, 1.54) is 0 Å². The first-order valence-electron chi connectivity index (χ1n) is 4.95. The van der Waals surface area contributed by atoms with Crippen molar-refractivity contribution in [3.05, 3.63) is 18.2 Å². The smallest absolute Gasteiger partial charge is 0.212 e. The lowest BCUT2D eigenvalue weighted by atomic mass is 10.2. The molecule has 0 aliphatic heterocycles.